The van der Waals surface area contributed by atoms with Crippen molar-refractivity contribution in [3.8, 4) is 0 Å². The van der Waals surface area contributed by atoms with Gasteiger partial charge in [-0.2, -0.15) is 11.8 Å². The molecule has 1 aromatic rings. The summed E-state index contributed by atoms with van der Waals surface area (Å²) in [7, 11) is 0. The maximum atomic E-state index is 5.90. The number of hydrogen-bond acceptors (Lipinski definition) is 3. The molecule has 1 saturated heterocycles. The van der Waals surface area contributed by atoms with Crippen LogP contribution in [0.2, 0.25) is 0 Å². The molecule has 0 spiro atoms. The molecule has 2 heterocycles. The zero-order valence-electron chi connectivity index (χ0n) is 10.0. The summed E-state index contributed by atoms with van der Waals surface area (Å²) in [5.74, 6) is 3.27. The third-order valence-electron chi connectivity index (χ3n) is 3.58. The Balaban J connectivity index is 1.56. The predicted molar refractivity (Wildman–Crippen MR) is 72.5 cm³/mol. The Morgan fingerprint density at radius 3 is 2.94 bits per heavy atom. The summed E-state index contributed by atoms with van der Waals surface area (Å²) in [6.45, 7) is 3.29. The van der Waals surface area contributed by atoms with Gasteiger partial charge in [-0.05, 0) is 42.3 Å². The van der Waals surface area contributed by atoms with Crippen LogP contribution in [0.1, 0.15) is 17.2 Å². The molecule has 0 aliphatic carbocycles. The molecule has 92 valence electrons. The minimum absolute atomic E-state index is 0.318. The molecule has 1 unspecified atom stereocenters. The van der Waals surface area contributed by atoms with Gasteiger partial charge in [0.25, 0.3) is 0 Å². The first-order valence-electron chi connectivity index (χ1n) is 6.41. The lowest BCUT2D eigenvalue weighted by Crippen LogP contribution is -2.43. The van der Waals surface area contributed by atoms with Gasteiger partial charge in [-0.1, -0.05) is 24.3 Å². The van der Waals surface area contributed by atoms with E-state index in [1.165, 1.54) is 30.0 Å². The maximum absolute atomic E-state index is 5.90. The molecule has 3 rings (SSSR count). The quantitative estimate of drug-likeness (QED) is 0.884. The summed E-state index contributed by atoms with van der Waals surface area (Å²) < 4.78 is 5.90. The molecule has 1 N–H and O–H groups in total. The average Bonchev–Trinajstić information content (AvgIpc) is 2.32. The number of rotatable bonds is 4. The third-order valence-corrected chi connectivity index (χ3v) is 4.83. The molecule has 1 fully saturated rings. The highest BCUT2D eigenvalue weighted by atomic mass is 32.2. The van der Waals surface area contributed by atoms with Crippen molar-refractivity contribution in [2.45, 2.75) is 12.5 Å². The molecule has 0 radical (unpaired) electrons. The second kappa shape index (κ2) is 5.42. The Bertz CT molecular complexity index is 378. The number of hydrogen-bond donors (Lipinski definition) is 1. The maximum Gasteiger partial charge on any atom is 0.0918 e. The molecule has 17 heavy (non-hydrogen) atoms. The van der Waals surface area contributed by atoms with Crippen molar-refractivity contribution in [3.05, 3.63) is 35.4 Å². The SMILES string of the molecule is c1ccc2c(c1)CCOC2CSCC1CNC1. The first-order chi connectivity index (χ1) is 8.43. The van der Waals surface area contributed by atoms with Crippen LogP contribution < -0.4 is 5.32 Å². The van der Waals surface area contributed by atoms with Crippen LogP contribution in [0.3, 0.4) is 0 Å². The van der Waals surface area contributed by atoms with E-state index in [4.69, 9.17) is 4.74 Å². The smallest absolute Gasteiger partial charge is 0.0918 e. The molecule has 0 amide bonds. The normalized spacial score (nSPS) is 24.1. The summed E-state index contributed by atoms with van der Waals surface area (Å²) >= 11 is 2.04. The lowest BCUT2D eigenvalue weighted by Gasteiger charge is -2.29. The first kappa shape index (κ1) is 11.6. The van der Waals surface area contributed by atoms with E-state index in [9.17, 15) is 0 Å². The van der Waals surface area contributed by atoms with E-state index in [1.54, 1.807) is 0 Å². The second-order valence-corrected chi connectivity index (χ2v) is 5.94. The molecule has 0 aromatic heterocycles. The van der Waals surface area contributed by atoms with Crippen molar-refractivity contribution in [1.29, 1.82) is 0 Å². The predicted octanol–water partition coefficient (Wildman–Crippen LogP) is 2.25. The second-order valence-electron chi connectivity index (χ2n) is 4.87. The van der Waals surface area contributed by atoms with E-state index in [1.807, 2.05) is 11.8 Å². The van der Waals surface area contributed by atoms with Crippen molar-refractivity contribution in [2.24, 2.45) is 5.92 Å². The van der Waals surface area contributed by atoms with Gasteiger partial charge in [0.15, 0.2) is 0 Å². The monoisotopic (exact) mass is 249 g/mol. The summed E-state index contributed by atoms with van der Waals surface area (Å²) in [4.78, 5) is 0. The van der Waals surface area contributed by atoms with Crippen LogP contribution in [0, 0.1) is 5.92 Å². The van der Waals surface area contributed by atoms with Crippen molar-refractivity contribution >= 4 is 11.8 Å². The fourth-order valence-corrected chi connectivity index (χ4v) is 3.62. The van der Waals surface area contributed by atoms with E-state index >= 15 is 0 Å². The highest BCUT2D eigenvalue weighted by Gasteiger charge is 2.22. The van der Waals surface area contributed by atoms with E-state index in [0.29, 0.717) is 6.10 Å². The van der Waals surface area contributed by atoms with E-state index in [0.717, 1.165) is 24.7 Å². The molecule has 3 heteroatoms. The zero-order valence-corrected chi connectivity index (χ0v) is 10.8. The number of nitrogens with one attached hydrogen (secondary N) is 1. The average molecular weight is 249 g/mol. The molecule has 1 aromatic carbocycles. The van der Waals surface area contributed by atoms with E-state index in [-0.39, 0.29) is 0 Å². The van der Waals surface area contributed by atoms with Crippen molar-refractivity contribution in [1.82, 2.24) is 5.32 Å². The highest BCUT2D eigenvalue weighted by molar-refractivity contribution is 7.99. The Morgan fingerprint density at radius 2 is 2.12 bits per heavy atom. The minimum atomic E-state index is 0.318. The van der Waals surface area contributed by atoms with Crippen LogP contribution in [0.15, 0.2) is 24.3 Å². The Labute approximate surface area is 107 Å². The largest absolute Gasteiger partial charge is 0.372 e. The fraction of sp³-hybridized carbons (Fsp3) is 0.571. The van der Waals surface area contributed by atoms with Crippen LogP contribution in [0.25, 0.3) is 0 Å². The van der Waals surface area contributed by atoms with Gasteiger partial charge in [0.1, 0.15) is 0 Å². The van der Waals surface area contributed by atoms with Gasteiger partial charge in [0.05, 0.1) is 12.7 Å². The van der Waals surface area contributed by atoms with Gasteiger partial charge in [-0.3, -0.25) is 0 Å². The molecule has 1 atom stereocenters. The van der Waals surface area contributed by atoms with Gasteiger partial charge in [0, 0.05) is 5.75 Å². The third kappa shape index (κ3) is 2.67. The molecule has 2 aliphatic rings. The highest BCUT2D eigenvalue weighted by Crippen LogP contribution is 2.30. The molecule has 2 aliphatic heterocycles. The van der Waals surface area contributed by atoms with Crippen LogP contribution in [0.5, 0.6) is 0 Å². The summed E-state index contributed by atoms with van der Waals surface area (Å²) in [5, 5.41) is 3.32. The van der Waals surface area contributed by atoms with E-state index in [2.05, 4.69) is 29.6 Å². The lowest BCUT2D eigenvalue weighted by atomic mass is 9.99. The Hall–Kier alpha value is -0.510. The molecular formula is C14H19NOS. The zero-order chi connectivity index (χ0) is 11.5. The topological polar surface area (TPSA) is 21.3 Å². The van der Waals surface area contributed by atoms with Gasteiger partial charge in [-0.15, -0.1) is 0 Å². The molecule has 0 saturated carbocycles. The van der Waals surface area contributed by atoms with Gasteiger partial charge in [0.2, 0.25) is 0 Å². The van der Waals surface area contributed by atoms with Gasteiger partial charge >= 0.3 is 0 Å². The van der Waals surface area contributed by atoms with Crippen molar-refractivity contribution in [2.75, 3.05) is 31.2 Å². The van der Waals surface area contributed by atoms with Gasteiger partial charge < -0.3 is 10.1 Å². The number of thioether (sulfide) groups is 1. The lowest BCUT2D eigenvalue weighted by molar-refractivity contribution is 0.0587. The summed E-state index contributed by atoms with van der Waals surface area (Å²) in [6.07, 6.45) is 1.39. The molecular weight excluding hydrogens is 230 g/mol. The van der Waals surface area contributed by atoms with Gasteiger partial charge in [-0.25, -0.2) is 0 Å². The number of benzene rings is 1. The van der Waals surface area contributed by atoms with Crippen LogP contribution in [0.4, 0.5) is 0 Å². The molecule has 0 bridgehead atoms. The number of fused-ring (bicyclic) bond motifs is 1. The van der Waals surface area contributed by atoms with Crippen LogP contribution in [-0.4, -0.2) is 31.2 Å². The first-order valence-corrected chi connectivity index (χ1v) is 7.57. The number of ether oxygens (including phenoxy) is 1. The fourth-order valence-electron chi connectivity index (χ4n) is 2.42. The van der Waals surface area contributed by atoms with Crippen molar-refractivity contribution in [3.63, 3.8) is 0 Å². The van der Waals surface area contributed by atoms with Crippen LogP contribution in [-0.2, 0) is 11.2 Å². The standard InChI is InChI=1S/C14H19NOS/c1-2-4-13-12(3-1)5-6-16-14(13)10-17-9-11-7-15-8-11/h1-4,11,14-15H,5-10H2. The molecule has 2 nitrogen and oxygen atoms in total. The Morgan fingerprint density at radius 1 is 1.24 bits per heavy atom. The Kier molecular flexibility index (Phi) is 3.69. The van der Waals surface area contributed by atoms with Crippen molar-refractivity contribution < 1.29 is 4.74 Å². The summed E-state index contributed by atoms with van der Waals surface area (Å²) in [5.41, 5.74) is 2.90. The van der Waals surface area contributed by atoms with E-state index < -0.39 is 0 Å². The minimum Gasteiger partial charge on any atom is -0.372 e. The summed E-state index contributed by atoms with van der Waals surface area (Å²) in [6, 6.07) is 8.73. The van der Waals surface area contributed by atoms with Crippen LogP contribution >= 0.6 is 11.8 Å².